The molecule has 6 fully saturated rings. The predicted octanol–water partition coefficient (Wildman–Crippen LogP) is 14.2. The number of carbonyl (C=O) groups excluding carboxylic acids is 9. The van der Waals surface area contributed by atoms with Crippen LogP contribution >= 0.6 is 0 Å². The van der Waals surface area contributed by atoms with E-state index in [-0.39, 0.29) is 81.3 Å². The Labute approximate surface area is 781 Å². The molecule has 29 nitrogen and oxygen atoms in total. The van der Waals surface area contributed by atoms with Gasteiger partial charge in [-0.3, -0.25) is 48.5 Å². The minimum absolute atomic E-state index is 0.0210. The minimum Gasteiger partial charge on any atom is -0.458 e. The molecular weight excluding hydrogens is 1690 g/mol. The number of likely N-dealkylation sites (N-methyl/N-ethyl adjacent to an activating group) is 4. The number of hydrogen-bond acceptors (Lipinski definition) is 27. The third kappa shape index (κ3) is 24.1. The van der Waals surface area contributed by atoms with E-state index >= 15 is 14.4 Å². The molecule has 0 bridgehead atoms. The number of cyclic esters (lactones) is 2. The zero-order chi connectivity index (χ0) is 96.8. The number of pyridine rings is 2. The Kier molecular flexibility index (Phi) is 36.8. The van der Waals surface area contributed by atoms with Crippen molar-refractivity contribution in [3.05, 3.63) is 132 Å². The van der Waals surface area contributed by atoms with Gasteiger partial charge in [0.1, 0.15) is 41.7 Å². The van der Waals surface area contributed by atoms with Gasteiger partial charge in [0.05, 0.1) is 83.6 Å². The number of nitrogens with zero attached hydrogens (tertiary/aromatic N) is 8. The summed E-state index contributed by atoms with van der Waals surface area (Å²) >= 11 is 0. The normalized spacial score (nSPS) is 33.9. The maximum atomic E-state index is 15.3. The number of carbonyl (C=O) groups is 9. The van der Waals surface area contributed by atoms with Crippen molar-refractivity contribution in [3.8, 4) is 0 Å². The molecule has 0 unspecified atom stereocenters. The molecule has 0 radical (unpaired) electrons. The first kappa shape index (κ1) is 105. The van der Waals surface area contributed by atoms with E-state index in [1.165, 1.54) is 13.8 Å². The average Bonchev–Trinajstić information content (AvgIpc) is 1.59. The Hall–Kier alpha value is -8.85. The fraction of sp³-hybridized carbons (Fsp3) is 0.641. The Balaban J connectivity index is 0.000000276. The summed E-state index contributed by atoms with van der Waals surface area (Å²) in [6, 6.07) is 26.1. The largest absolute Gasteiger partial charge is 0.458 e. The van der Waals surface area contributed by atoms with Crippen molar-refractivity contribution in [1.29, 1.82) is 0 Å². The summed E-state index contributed by atoms with van der Waals surface area (Å²) in [5.74, 6) is -11.1. The van der Waals surface area contributed by atoms with Crippen molar-refractivity contribution in [1.82, 2.24) is 39.4 Å². The molecule has 0 spiro atoms. The van der Waals surface area contributed by atoms with E-state index in [2.05, 4.69) is 33.6 Å². The van der Waals surface area contributed by atoms with Gasteiger partial charge in [-0.05, 0) is 196 Å². The first-order valence-electron chi connectivity index (χ1n) is 47.7. The summed E-state index contributed by atoms with van der Waals surface area (Å²) in [6.07, 6.45) is 2.22. The summed E-state index contributed by atoms with van der Waals surface area (Å²) in [5.41, 5.74) is -1.87. The van der Waals surface area contributed by atoms with Gasteiger partial charge in [0.25, 0.3) is 0 Å². The number of amides is 2. The molecule has 6 aliphatic heterocycles. The third-order valence-electron chi connectivity index (χ3n) is 28.6. The van der Waals surface area contributed by atoms with Crippen LogP contribution in [0, 0.1) is 47.3 Å². The number of benzene rings is 3. The zero-order valence-corrected chi connectivity index (χ0v) is 82.3. The van der Waals surface area contributed by atoms with Crippen LogP contribution in [0.15, 0.2) is 116 Å². The van der Waals surface area contributed by atoms with E-state index in [1.807, 2.05) is 205 Å². The number of para-hydroxylation sites is 2. The molecular formula is C103H148N8O21. The highest BCUT2D eigenvalue weighted by Crippen LogP contribution is 2.47. The van der Waals surface area contributed by atoms with Crippen LogP contribution in [0.2, 0.25) is 0 Å². The van der Waals surface area contributed by atoms with Crippen LogP contribution in [0.4, 0.5) is 9.59 Å². The number of esters is 3. The van der Waals surface area contributed by atoms with Gasteiger partial charge in [0.2, 0.25) is 0 Å². The quantitative estimate of drug-likeness (QED) is 0.0276. The van der Waals surface area contributed by atoms with Gasteiger partial charge in [0.15, 0.2) is 41.5 Å². The summed E-state index contributed by atoms with van der Waals surface area (Å²) in [7, 11) is 7.55. The van der Waals surface area contributed by atoms with Crippen LogP contribution in [0.1, 0.15) is 198 Å². The van der Waals surface area contributed by atoms with E-state index in [9.17, 15) is 33.9 Å². The topological polar surface area (TPSA) is 321 Å². The van der Waals surface area contributed by atoms with Crippen LogP contribution in [-0.4, -0.2) is 299 Å². The molecule has 2 aromatic heterocycles. The highest BCUT2D eigenvalue weighted by atomic mass is 16.7. The lowest BCUT2D eigenvalue weighted by molar-refractivity contribution is -0.296. The number of ether oxygens (including phenoxy) is 11. The van der Waals surface area contributed by atoms with Gasteiger partial charge >= 0.3 is 30.1 Å². The fourth-order valence-corrected chi connectivity index (χ4v) is 21.0. The minimum atomic E-state index is -1.45. The third-order valence-corrected chi connectivity index (χ3v) is 28.6. The smallest absolute Gasteiger partial charge is 0.410 e. The first-order valence-corrected chi connectivity index (χ1v) is 47.7. The summed E-state index contributed by atoms with van der Waals surface area (Å²) in [6.45, 7) is 41.2. The lowest BCUT2D eigenvalue weighted by atomic mass is 9.73. The first-order chi connectivity index (χ1) is 62.5. The van der Waals surface area contributed by atoms with E-state index in [0.29, 0.717) is 38.0 Å². The molecule has 5 aromatic rings. The summed E-state index contributed by atoms with van der Waals surface area (Å²) in [5, 5.41) is 13.7. The molecule has 6 saturated heterocycles. The molecule has 11 rings (SSSR count). The SMILES string of the molecule is CC[C@H]1OC(=O)[C@H](C)C(=O)[C@H](C)[C@@H](O[C@@H]2O[C@H](C)C[C@H](N(C)C)[C@H]2O)[C@](C)(OC/C=C/c2cnc3ccccc3c2)C[C@@H](C)C(=O)[C@H](C)[C@H]2N(CCN(CC)CC)C(=O)O[C@]12C.CC[C@H]1OC(=O)[C@H](C)C(=O)[C@H](C)[C@@H](O[C@@H]2O[C@H](C)C[C@H](N(C)C)[C@H]2OC(=O)c2ccccc2)[C@](C)(OC/C=C/c2cnc3ccccc3c2)C[C@@H](C)C(=O)[C@H](C)[C@H]2N(CCN(CC)CC)C(=O)O[C@]12C. The molecule has 132 heavy (non-hydrogen) atoms. The van der Waals surface area contributed by atoms with Crippen LogP contribution in [-0.2, 0) is 80.9 Å². The van der Waals surface area contributed by atoms with Gasteiger partial charge in [-0.2, -0.15) is 0 Å². The van der Waals surface area contributed by atoms with Crippen LogP contribution < -0.4 is 0 Å². The van der Waals surface area contributed by atoms with Gasteiger partial charge in [-0.1, -0.05) is 162 Å². The second kappa shape index (κ2) is 46.1. The molecule has 1 N–H and O–H groups in total. The van der Waals surface area contributed by atoms with Gasteiger partial charge in [-0.15, -0.1) is 0 Å². The molecule has 8 heterocycles. The number of aromatic nitrogens is 2. The lowest BCUT2D eigenvalue weighted by Gasteiger charge is -2.48. The maximum absolute atomic E-state index is 15.3. The summed E-state index contributed by atoms with van der Waals surface area (Å²) < 4.78 is 71.8. The Morgan fingerprint density at radius 1 is 0.508 bits per heavy atom. The number of fused-ring (bicyclic) bond motifs is 4. The van der Waals surface area contributed by atoms with Crippen molar-refractivity contribution < 1.29 is 100 Å². The highest BCUT2D eigenvalue weighted by Gasteiger charge is 2.63. The second-order valence-corrected chi connectivity index (χ2v) is 38.5. The number of aliphatic hydroxyl groups is 1. The number of ketones is 4. The van der Waals surface area contributed by atoms with E-state index in [4.69, 9.17) is 52.1 Å². The number of aliphatic hydroxyl groups excluding tert-OH is 1. The predicted molar refractivity (Wildman–Crippen MR) is 504 cm³/mol. The number of Topliss-reactive ketones (excluding diaryl/α,β-unsaturated/α-hetero) is 4. The molecule has 6 aliphatic rings. The maximum Gasteiger partial charge on any atom is 0.410 e. The average molecular weight is 1830 g/mol. The Morgan fingerprint density at radius 2 is 0.894 bits per heavy atom. The fourth-order valence-electron chi connectivity index (χ4n) is 21.0. The molecule has 726 valence electrons. The summed E-state index contributed by atoms with van der Waals surface area (Å²) in [4.78, 5) is 151. The van der Waals surface area contributed by atoms with Crippen LogP contribution in [0.5, 0.6) is 0 Å². The van der Waals surface area contributed by atoms with E-state index in [1.54, 1.807) is 81.1 Å². The Morgan fingerprint density at radius 3 is 1.30 bits per heavy atom. The zero-order valence-electron chi connectivity index (χ0n) is 82.3. The van der Waals surface area contributed by atoms with Crippen molar-refractivity contribution in [2.45, 2.75) is 285 Å². The number of rotatable bonds is 28. The molecule has 3 aromatic carbocycles. The van der Waals surface area contributed by atoms with E-state index < -0.39 is 173 Å². The van der Waals surface area contributed by atoms with Gasteiger partial charge < -0.3 is 76.8 Å². The lowest BCUT2D eigenvalue weighted by Crippen LogP contribution is -2.61. The van der Waals surface area contributed by atoms with Crippen molar-refractivity contribution in [3.63, 3.8) is 0 Å². The van der Waals surface area contributed by atoms with Crippen molar-refractivity contribution in [2.24, 2.45) is 47.3 Å². The highest BCUT2D eigenvalue weighted by molar-refractivity contribution is 6.01. The van der Waals surface area contributed by atoms with Crippen molar-refractivity contribution in [2.75, 3.05) is 93.8 Å². The molecule has 0 saturated carbocycles. The van der Waals surface area contributed by atoms with Crippen LogP contribution in [0.25, 0.3) is 34.0 Å². The van der Waals surface area contributed by atoms with Crippen molar-refractivity contribution >= 4 is 87.2 Å². The molecule has 0 aliphatic carbocycles. The number of hydrogen-bond donors (Lipinski definition) is 1. The van der Waals surface area contributed by atoms with Gasteiger partial charge in [0, 0.05) is 90.9 Å². The van der Waals surface area contributed by atoms with Gasteiger partial charge in [-0.25, -0.2) is 14.4 Å². The standard InChI is InChI=1S/C55H76N4O11.C48H72N4O10/c1-13-44-55(10)48(59(53(64)70-55)28-27-58(14-2)15-3)36(6)45(60)34(4)32-54(9,65-29-21-22-39-31-41-25-19-20-26-42(41)56-33-39)49(37(7)46(61)38(8)50(62)67-44)69-52-47(43(57(11)12)30-35(5)66-52)68-51(63)40-23-17-16-18-24-40;1-13-38-48(10)42(52(46(57)62-48)23-22-51(14-2)15-3)31(6)39(53)29(4)27-47(9,58-24-18-19-34-26-35-20-16-17-21-36(35)49-28-34)43(32(7)40(54)33(8)44(56)60-38)61-45-41(55)37(50(11)12)25-30(5)59-45/h16-26,31,33-38,43-44,47-49,52H,13-15,27-30,32H2,1-12H3;16-21,26,28-33,37-38,41-43,45,55H,13-15,22-25,27H2,1-12H3/b22-21+;19-18+/t34-,35-,36+,37+,38-,43+,44-,47-,48-,49-,52+,54-,55-;29-,30-,31+,32+,33-,37+,38-,41-,42-,43-,45+,47-,48-/m11/s1. The van der Waals surface area contributed by atoms with Crippen LogP contribution in [0.3, 0.4) is 0 Å². The molecule has 29 heteroatoms. The van der Waals surface area contributed by atoms with E-state index in [0.717, 1.165) is 59.1 Å². The molecule has 2 amide bonds. The Bertz CT molecular complexity index is 4820. The monoisotopic (exact) mass is 1830 g/mol. The second-order valence-electron chi connectivity index (χ2n) is 38.5. The molecule has 26 atom stereocenters.